The first kappa shape index (κ1) is 12.9. The van der Waals surface area contributed by atoms with Crippen LogP contribution < -0.4 is 0 Å². The Labute approximate surface area is 86.6 Å². The summed E-state index contributed by atoms with van der Waals surface area (Å²) >= 11 is 0. The van der Waals surface area contributed by atoms with Crippen LogP contribution in [-0.2, 0) is 9.53 Å². The van der Waals surface area contributed by atoms with Crippen molar-refractivity contribution in [3.05, 3.63) is 24.3 Å². The van der Waals surface area contributed by atoms with Crippen LogP contribution in [0.1, 0.15) is 40.5 Å². The molecular weight excluding hydrogens is 176 g/mol. The van der Waals surface area contributed by atoms with Crippen LogP contribution in [0.3, 0.4) is 0 Å². The molecule has 0 N–H and O–H groups in total. The molecule has 0 aromatic rings. The zero-order chi connectivity index (χ0) is 11.2. The average Bonchev–Trinajstić information content (AvgIpc) is 2.02. The lowest BCUT2D eigenvalue weighted by Gasteiger charge is -2.24. The molecule has 0 aliphatic heterocycles. The lowest BCUT2D eigenvalue weighted by atomic mass is 9.99. The van der Waals surface area contributed by atoms with E-state index in [-0.39, 0.29) is 5.97 Å². The van der Waals surface area contributed by atoms with E-state index in [4.69, 9.17) is 4.74 Å². The molecule has 0 radical (unpaired) electrons. The molecule has 0 aromatic heterocycles. The van der Waals surface area contributed by atoms with Gasteiger partial charge in [0.2, 0.25) is 0 Å². The van der Waals surface area contributed by atoms with E-state index in [2.05, 4.69) is 26.5 Å². The number of allylic oxidation sites excluding steroid dienone is 2. The number of hydrogen-bond acceptors (Lipinski definition) is 2. The van der Waals surface area contributed by atoms with Crippen LogP contribution in [0.25, 0.3) is 0 Å². The molecule has 0 bridgehead atoms. The van der Waals surface area contributed by atoms with Gasteiger partial charge in [0, 0.05) is 6.92 Å². The SMILES string of the molecule is C=CC(C)(CCC=C(C)C)OC(C)=O. The minimum absolute atomic E-state index is 0.260. The minimum atomic E-state index is -0.530. The third-order valence-electron chi connectivity index (χ3n) is 2.00. The smallest absolute Gasteiger partial charge is 0.303 e. The van der Waals surface area contributed by atoms with Crippen LogP contribution in [-0.4, -0.2) is 11.6 Å². The van der Waals surface area contributed by atoms with E-state index in [1.54, 1.807) is 6.08 Å². The second-order valence-electron chi connectivity index (χ2n) is 3.93. The largest absolute Gasteiger partial charge is 0.455 e. The molecule has 0 saturated carbocycles. The van der Waals surface area contributed by atoms with Crippen molar-refractivity contribution in [1.29, 1.82) is 0 Å². The maximum atomic E-state index is 10.8. The molecule has 14 heavy (non-hydrogen) atoms. The molecular formula is C12H20O2. The zero-order valence-corrected chi connectivity index (χ0v) is 9.59. The van der Waals surface area contributed by atoms with Gasteiger partial charge in [-0.15, -0.1) is 0 Å². The van der Waals surface area contributed by atoms with Gasteiger partial charge in [0.05, 0.1) is 0 Å². The van der Waals surface area contributed by atoms with E-state index in [1.165, 1.54) is 12.5 Å². The van der Waals surface area contributed by atoms with Crippen molar-refractivity contribution >= 4 is 5.97 Å². The van der Waals surface area contributed by atoms with Gasteiger partial charge in [0.25, 0.3) is 0 Å². The first-order valence-electron chi connectivity index (χ1n) is 4.86. The molecule has 0 amide bonds. The van der Waals surface area contributed by atoms with Crippen LogP contribution >= 0.6 is 0 Å². The van der Waals surface area contributed by atoms with Crippen molar-refractivity contribution in [1.82, 2.24) is 0 Å². The van der Waals surface area contributed by atoms with E-state index < -0.39 is 5.60 Å². The van der Waals surface area contributed by atoms with Crippen molar-refractivity contribution < 1.29 is 9.53 Å². The van der Waals surface area contributed by atoms with E-state index in [1.807, 2.05) is 6.92 Å². The molecule has 0 heterocycles. The van der Waals surface area contributed by atoms with Gasteiger partial charge in [-0.25, -0.2) is 0 Å². The second-order valence-corrected chi connectivity index (χ2v) is 3.93. The third-order valence-corrected chi connectivity index (χ3v) is 2.00. The highest BCUT2D eigenvalue weighted by Crippen LogP contribution is 2.19. The number of esters is 1. The van der Waals surface area contributed by atoms with E-state index in [0.29, 0.717) is 0 Å². The fraction of sp³-hybridized carbons (Fsp3) is 0.583. The highest BCUT2D eigenvalue weighted by Gasteiger charge is 2.22. The molecule has 80 valence electrons. The van der Waals surface area contributed by atoms with Gasteiger partial charge >= 0.3 is 5.97 Å². The Morgan fingerprint density at radius 2 is 2.00 bits per heavy atom. The summed E-state index contributed by atoms with van der Waals surface area (Å²) < 4.78 is 5.18. The first-order valence-corrected chi connectivity index (χ1v) is 4.86. The number of carbonyl (C=O) groups is 1. The van der Waals surface area contributed by atoms with Crippen LogP contribution in [0.2, 0.25) is 0 Å². The van der Waals surface area contributed by atoms with Crippen molar-refractivity contribution in [3.8, 4) is 0 Å². The fourth-order valence-corrected chi connectivity index (χ4v) is 1.17. The van der Waals surface area contributed by atoms with Crippen LogP contribution in [0, 0.1) is 0 Å². The summed E-state index contributed by atoms with van der Waals surface area (Å²) in [7, 11) is 0. The quantitative estimate of drug-likeness (QED) is 0.498. The Hall–Kier alpha value is -1.05. The van der Waals surface area contributed by atoms with Crippen molar-refractivity contribution in [2.24, 2.45) is 0 Å². The summed E-state index contributed by atoms with van der Waals surface area (Å²) in [5, 5.41) is 0. The lowest BCUT2D eigenvalue weighted by molar-refractivity contribution is -0.151. The van der Waals surface area contributed by atoms with Gasteiger partial charge in [-0.3, -0.25) is 4.79 Å². The number of carbonyl (C=O) groups excluding carboxylic acids is 1. The predicted octanol–water partition coefficient (Wildman–Crippen LogP) is 3.24. The predicted molar refractivity (Wildman–Crippen MR) is 59.0 cm³/mol. The maximum absolute atomic E-state index is 10.8. The van der Waals surface area contributed by atoms with Gasteiger partial charge in [-0.2, -0.15) is 0 Å². The van der Waals surface area contributed by atoms with Crippen molar-refractivity contribution in [3.63, 3.8) is 0 Å². The molecule has 0 saturated heterocycles. The van der Waals surface area contributed by atoms with Crippen molar-refractivity contribution in [2.45, 2.75) is 46.1 Å². The molecule has 1 atom stereocenters. The summed E-state index contributed by atoms with van der Waals surface area (Å²) in [6.07, 6.45) is 5.50. The maximum Gasteiger partial charge on any atom is 0.303 e. The molecule has 2 nitrogen and oxygen atoms in total. The lowest BCUT2D eigenvalue weighted by Crippen LogP contribution is -2.27. The number of ether oxygens (including phenoxy) is 1. The topological polar surface area (TPSA) is 26.3 Å². The molecule has 0 aromatic carbocycles. The van der Waals surface area contributed by atoms with Gasteiger partial charge in [-0.05, 0) is 39.7 Å². The Balaban J connectivity index is 4.19. The van der Waals surface area contributed by atoms with Gasteiger partial charge in [0.15, 0.2) is 0 Å². The van der Waals surface area contributed by atoms with E-state index in [0.717, 1.165) is 12.8 Å². The number of hydrogen-bond donors (Lipinski definition) is 0. The molecule has 0 aliphatic carbocycles. The van der Waals surface area contributed by atoms with E-state index in [9.17, 15) is 4.79 Å². The highest BCUT2D eigenvalue weighted by atomic mass is 16.6. The Morgan fingerprint density at radius 1 is 1.43 bits per heavy atom. The standard InChI is InChI=1S/C12H20O2/c1-6-12(5,14-11(4)13)9-7-8-10(2)3/h6,8H,1,7,9H2,2-5H3. The third kappa shape index (κ3) is 5.57. The molecule has 0 aliphatic rings. The summed E-state index contributed by atoms with van der Waals surface area (Å²) in [6, 6.07) is 0. The minimum Gasteiger partial charge on any atom is -0.455 e. The van der Waals surface area contributed by atoms with Gasteiger partial charge < -0.3 is 4.74 Å². The van der Waals surface area contributed by atoms with Crippen molar-refractivity contribution in [2.75, 3.05) is 0 Å². The molecule has 2 heteroatoms. The van der Waals surface area contributed by atoms with Crippen LogP contribution in [0.4, 0.5) is 0 Å². The zero-order valence-electron chi connectivity index (χ0n) is 9.59. The summed E-state index contributed by atoms with van der Waals surface area (Å²) in [6.45, 7) is 11.1. The summed E-state index contributed by atoms with van der Waals surface area (Å²) in [5.41, 5.74) is 0.747. The van der Waals surface area contributed by atoms with Crippen LogP contribution in [0.15, 0.2) is 24.3 Å². The van der Waals surface area contributed by atoms with Gasteiger partial charge in [0.1, 0.15) is 5.60 Å². The number of rotatable bonds is 5. The first-order chi connectivity index (χ1) is 6.39. The average molecular weight is 196 g/mol. The Morgan fingerprint density at radius 3 is 2.36 bits per heavy atom. The summed E-state index contributed by atoms with van der Waals surface area (Å²) in [5.74, 6) is -0.260. The monoisotopic (exact) mass is 196 g/mol. The highest BCUT2D eigenvalue weighted by molar-refractivity contribution is 5.66. The van der Waals surface area contributed by atoms with Crippen LogP contribution in [0.5, 0.6) is 0 Å². The second kappa shape index (κ2) is 5.63. The molecule has 0 rings (SSSR count). The normalized spacial score (nSPS) is 14.0. The fourth-order valence-electron chi connectivity index (χ4n) is 1.17. The Bertz CT molecular complexity index is 237. The summed E-state index contributed by atoms with van der Waals surface area (Å²) in [4.78, 5) is 10.8. The molecule has 0 fully saturated rings. The van der Waals surface area contributed by atoms with Gasteiger partial charge in [-0.1, -0.05) is 18.2 Å². The molecule has 1 unspecified atom stereocenters. The molecule has 0 spiro atoms. The van der Waals surface area contributed by atoms with E-state index >= 15 is 0 Å². The Kier molecular flexibility index (Phi) is 5.21.